The molecule has 0 aromatic carbocycles. The van der Waals surface area contributed by atoms with Crippen molar-refractivity contribution in [3.63, 3.8) is 0 Å². The number of imidazole rings is 1. The van der Waals surface area contributed by atoms with Crippen LogP contribution >= 0.6 is 0 Å². The summed E-state index contributed by atoms with van der Waals surface area (Å²) in [6.07, 6.45) is 8.11. The van der Waals surface area contributed by atoms with Gasteiger partial charge in [0.2, 0.25) is 0 Å². The van der Waals surface area contributed by atoms with Gasteiger partial charge in [-0.2, -0.15) is 10.5 Å². The summed E-state index contributed by atoms with van der Waals surface area (Å²) in [5.41, 5.74) is 1.43. The highest BCUT2D eigenvalue weighted by Gasteiger charge is 2.39. The molecule has 3 aromatic heterocycles. The normalized spacial score (nSPS) is 19.9. The van der Waals surface area contributed by atoms with Gasteiger partial charge in [-0.1, -0.05) is 0 Å². The maximum Gasteiger partial charge on any atom is 0.179 e. The van der Waals surface area contributed by atoms with Crippen molar-refractivity contribution in [2.45, 2.75) is 18.5 Å². The Bertz CT molecular complexity index is 1060. The predicted molar refractivity (Wildman–Crippen MR) is 92.3 cm³/mol. The Morgan fingerprint density at radius 2 is 2.04 bits per heavy atom. The number of pyridine rings is 2. The van der Waals surface area contributed by atoms with Crippen LogP contribution in [0.15, 0.2) is 42.9 Å². The number of rotatable bonds is 2. The summed E-state index contributed by atoms with van der Waals surface area (Å²) in [7, 11) is 0. The minimum atomic E-state index is -1.62. The lowest BCUT2D eigenvalue weighted by Crippen LogP contribution is -2.41. The highest BCUT2D eigenvalue weighted by Crippen LogP contribution is 2.35. The van der Waals surface area contributed by atoms with Gasteiger partial charge in [-0.15, -0.1) is 0 Å². The van der Waals surface area contributed by atoms with E-state index in [2.05, 4.69) is 9.97 Å². The molecule has 128 valence electrons. The Labute approximate surface area is 149 Å². The van der Waals surface area contributed by atoms with Crippen LogP contribution < -0.4 is 0 Å². The van der Waals surface area contributed by atoms with E-state index in [9.17, 15) is 0 Å². The Morgan fingerprint density at radius 3 is 2.85 bits per heavy atom. The molecule has 4 rings (SSSR count). The van der Waals surface area contributed by atoms with Crippen molar-refractivity contribution in [3.8, 4) is 23.4 Å². The molecule has 7 heteroatoms. The lowest BCUT2D eigenvalue weighted by molar-refractivity contribution is 0.0666. The van der Waals surface area contributed by atoms with Crippen molar-refractivity contribution in [1.82, 2.24) is 19.3 Å². The number of nitrogens with zero attached hydrogens (tertiary/aromatic N) is 6. The van der Waals surface area contributed by atoms with Gasteiger partial charge in [0.1, 0.15) is 17.4 Å². The molecule has 1 fully saturated rings. The summed E-state index contributed by atoms with van der Waals surface area (Å²) < 4.78 is 17.2. The van der Waals surface area contributed by atoms with Gasteiger partial charge < -0.3 is 9.30 Å². The first kappa shape index (κ1) is 16.0. The quantitative estimate of drug-likeness (QED) is 0.666. The van der Waals surface area contributed by atoms with Crippen molar-refractivity contribution in [2.75, 3.05) is 13.1 Å². The molecule has 0 saturated carbocycles. The molecule has 0 radical (unpaired) electrons. The second kappa shape index (κ2) is 6.12. The Morgan fingerprint density at radius 1 is 1.19 bits per heavy atom. The number of nitriles is 2. The summed E-state index contributed by atoms with van der Waals surface area (Å²) in [5.74, 6) is 0. The first-order valence-electron chi connectivity index (χ1n) is 8.31. The largest absolute Gasteiger partial charge is 0.307 e. The van der Waals surface area contributed by atoms with Crippen LogP contribution in [0.1, 0.15) is 24.2 Å². The molecular formula is C19H15FN6. The molecule has 6 nitrogen and oxygen atoms in total. The number of aromatic nitrogens is 3. The second-order valence-corrected chi connectivity index (χ2v) is 6.44. The van der Waals surface area contributed by atoms with Crippen LogP contribution in [0.5, 0.6) is 0 Å². The molecule has 3 aromatic rings. The molecule has 0 aliphatic carbocycles. The van der Waals surface area contributed by atoms with Crippen molar-refractivity contribution >= 4 is 5.65 Å². The third-order valence-corrected chi connectivity index (χ3v) is 4.71. The van der Waals surface area contributed by atoms with Crippen molar-refractivity contribution < 1.29 is 4.39 Å². The lowest BCUT2D eigenvalue weighted by atomic mass is 9.92. The van der Waals surface area contributed by atoms with Crippen LogP contribution in [-0.4, -0.2) is 32.4 Å². The molecule has 0 spiro atoms. The summed E-state index contributed by atoms with van der Waals surface area (Å²) in [5, 5.41) is 18.1. The summed E-state index contributed by atoms with van der Waals surface area (Å²) >= 11 is 0. The van der Waals surface area contributed by atoms with Crippen molar-refractivity contribution in [3.05, 3.63) is 54.2 Å². The van der Waals surface area contributed by atoms with E-state index in [4.69, 9.17) is 10.5 Å². The van der Waals surface area contributed by atoms with Gasteiger partial charge in [0.25, 0.3) is 0 Å². The minimum Gasteiger partial charge on any atom is -0.307 e. The number of halogens is 1. The Kier molecular flexibility index (Phi) is 3.78. The first-order chi connectivity index (χ1) is 12.6. The van der Waals surface area contributed by atoms with E-state index in [1.807, 2.05) is 36.7 Å². The number of alkyl halides is 1. The standard InChI is InChI=1S/C19H15FN6/c20-19(4-1-6-25(12-19)13-22)17-11-26-7-3-15(9-18(26)24-17)14-2-5-23-16(8-14)10-21/h2-3,5,7-9,11H,1,4,6,12H2/t19-/m1/s1. The van der Waals surface area contributed by atoms with E-state index in [-0.39, 0.29) is 6.54 Å². The smallest absolute Gasteiger partial charge is 0.179 e. The minimum absolute atomic E-state index is 0.0378. The van der Waals surface area contributed by atoms with Gasteiger partial charge in [-0.3, -0.25) is 0 Å². The number of fused-ring (bicyclic) bond motifs is 1. The molecule has 1 aliphatic rings. The van der Waals surface area contributed by atoms with E-state index in [1.165, 1.54) is 4.90 Å². The predicted octanol–water partition coefficient (Wildman–Crippen LogP) is 3.01. The summed E-state index contributed by atoms with van der Waals surface area (Å²) in [6, 6.07) is 9.30. The van der Waals surface area contributed by atoms with Crippen LogP contribution in [0.4, 0.5) is 4.39 Å². The van der Waals surface area contributed by atoms with Gasteiger partial charge >= 0.3 is 0 Å². The van der Waals surface area contributed by atoms with Gasteiger partial charge in [0, 0.05) is 25.1 Å². The molecular weight excluding hydrogens is 331 g/mol. The molecule has 26 heavy (non-hydrogen) atoms. The fourth-order valence-electron chi connectivity index (χ4n) is 3.35. The third-order valence-electron chi connectivity index (χ3n) is 4.71. The Hall–Kier alpha value is -3.45. The molecule has 0 unspecified atom stereocenters. The zero-order valence-electron chi connectivity index (χ0n) is 13.9. The molecule has 1 atom stereocenters. The third kappa shape index (κ3) is 2.74. The van der Waals surface area contributed by atoms with Crippen LogP contribution in [0.3, 0.4) is 0 Å². The van der Waals surface area contributed by atoms with E-state index in [0.29, 0.717) is 36.4 Å². The zero-order chi connectivity index (χ0) is 18.1. The van der Waals surface area contributed by atoms with Crippen LogP contribution in [0, 0.1) is 22.8 Å². The molecule has 0 bridgehead atoms. The second-order valence-electron chi connectivity index (χ2n) is 6.44. The highest BCUT2D eigenvalue weighted by atomic mass is 19.1. The fraction of sp³-hybridized carbons (Fsp3) is 0.263. The van der Waals surface area contributed by atoms with Gasteiger partial charge in [0.05, 0.1) is 12.2 Å². The van der Waals surface area contributed by atoms with Gasteiger partial charge in [0.15, 0.2) is 11.9 Å². The lowest BCUT2D eigenvalue weighted by Gasteiger charge is -2.33. The average Bonchev–Trinajstić information content (AvgIpc) is 3.12. The van der Waals surface area contributed by atoms with Gasteiger partial charge in [-0.05, 0) is 48.2 Å². The monoisotopic (exact) mass is 346 g/mol. The van der Waals surface area contributed by atoms with E-state index >= 15 is 4.39 Å². The molecule has 4 heterocycles. The average molecular weight is 346 g/mol. The fourth-order valence-corrected chi connectivity index (χ4v) is 3.35. The molecule has 0 N–H and O–H groups in total. The first-order valence-corrected chi connectivity index (χ1v) is 8.31. The summed E-state index contributed by atoms with van der Waals surface area (Å²) in [4.78, 5) is 9.89. The van der Waals surface area contributed by atoms with E-state index < -0.39 is 5.67 Å². The number of piperidine rings is 1. The number of likely N-dealkylation sites (tertiary alicyclic amines) is 1. The summed E-state index contributed by atoms with van der Waals surface area (Å²) in [6.45, 7) is 0.624. The van der Waals surface area contributed by atoms with Crippen LogP contribution in [0.2, 0.25) is 0 Å². The van der Waals surface area contributed by atoms with E-state index in [1.54, 1.807) is 22.9 Å². The van der Waals surface area contributed by atoms with Crippen molar-refractivity contribution in [1.29, 1.82) is 10.5 Å². The maximum atomic E-state index is 15.4. The van der Waals surface area contributed by atoms with Gasteiger partial charge in [-0.25, -0.2) is 14.4 Å². The Balaban J connectivity index is 1.72. The molecule has 1 saturated heterocycles. The number of hydrogen-bond donors (Lipinski definition) is 0. The SMILES string of the molecule is N#Cc1cc(-c2ccn3cc([C@@]4(F)CCCN(C#N)C4)nc3c2)ccn1. The topological polar surface area (TPSA) is 81.0 Å². The highest BCUT2D eigenvalue weighted by molar-refractivity contribution is 5.68. The molecule has 0 amide bonds. The van der Waals surface area contributed by atoms with E-state index in [0.717, 1.165) is 11.1 Å². The zero-order valence-corrected chi connectivity index (χ0v) is 13.9. The number of hydrogen-bond acceptors (Lipinski definition) is 5. The van der Waals surface area contributed by atoms with Crippen LogP contribution in [0.25, 0.3) is 16.8 Å². The van der Waals surface area contributed by atoms with Crippen LogP contribution in [-0.2, 0) is 5.67 Å². The molecule has 1 aliphatic heterocycles. The maximum absolute atomic E-state index is 15.4. The van der Waals surface area contributed by atoms with Crippen molar-refractivity contribution in [2.24, 2.45) is 0 Å².